The van der Waals surface area contributed by atoms with E-state index in [1.54, 1.807) is 4.57 Å². The van der Waals surface area contributed by atoms with Gasteiger partial charge in [0.1, 0.15) is 5.56 Å². The Morgan fingerprint density at radius 1 is 1.14 bits per heavy atom. The molecule has 3 heterocycles. The van der Waals surface area contributed by atoms with Crippen LogP contribution in [-0.2, 0) is 12.8 Å². The molecule has 2 fully saturated rings. The van der Waals surface area contributed by atoms with Crippen molar-refractivity contribution in [2.24, 2.45) is 5.41 Å². The van der Waals surface area contributed by atoms with Gasteiger partial charge in [-0.25, -0.2) is 0 Å². The maximum absolute atomic E-state index is 13.5. The first-order chi connectivity index (χ1) is 14.1. The summed E-state index contributed by atoms with van der Waals surface area (Å²) in [5.41, 5.74) is 4.64. The molecule has 1 atom stereocenters. The standard InChI is InChI=1S/C24H29N3O2/c1-17-9-14-27(20-8-3-6-18-5-2-7-19(18)20)23(29)21(17)22(28)26-13-4-10-24(16-26)11-12-25-15-24/h3,6,8-9,14,25H,2,4-5,7,10-13,15-16H2,1H3. The lowest BCUT2D eigenvalue weighted by Crippen LogP contribution is -2.48. The molecule has 0 radical (unpaired) electrons. The first-order valence-electron chi connectivity index (χ1n) is 10.9. The Labute approximate surface area is 171 Å². The number of rotatable bonds is 2. The molecule has 1 aromatic carbocycles. The number of carbonyl (C=O) groups is 1. The highest BCUT2D eigenvalue weighted by molar-refractivity contribution is 5.95. The summed E-state index contributed by atoms with van der Waals surface area (Å²) in [4.78, 5) is 28.9. The van der Waals surface area contributed by atoms with Gasteiger partial charge in [0.2, 0.25) is 0 Å². The summed E-state index contributed by atoms with van der Waals surface area (Å²) in [7, 11) is 0. The number of nitrogens with one attached hydrogen (secondary N) is 1. The average molecular weight is 392 g/mol. The highest BCUT2D eigenvalue weighted by atomic mass is 16.2. The molecule has 1 aliphatic carbocycles. The number of pyridine rings is 1. The third-order valence-corrected chi connectivity index (χ3v) is 7.18. The Morgan fingerprint density at radius 2 is 2.03 bits per heavy atom. The van der Waals surface area contributed by atoms with Crippen LogP contribution in [0.5, 0.6) is 0 Å². The van der Waals surface area contributed by atoms with E-state index in [1.165, 1.54) is 11.1 Å². The number of piperidine rings is 1. The maximum atomic E-state index is 13.5. The number of hydrogen-bond donors (Lipinski definition) is 1. The molecular formula is C24H29N3O2. The first-order valence-corrected chi connectivity index (χ1v) is 10.9. The van der Waals surface area contributed by atoms with Crippen molar-refractivity contribution in [1.82, 2.24) is 14.8 Å². The minimum Gasteiger partial charge on any atom is -0.338 e. The van der Waals surface area contributed by atoms with Gasteiger partial charge in [-0.05, 0) is 80.8 Å². The molecule has 5 heteroatoms. The Bertz CT molecular complexity index is 1020. The smallest absolute Gasteiger partial charge is 0.268 e. The highest BCUT2D eigenvalue weighted by Crippen LogP contribution is 2.36. The summed E-state index contributed by atoms with van der Waals surface area (Å²) in [5.74, 6) is -0.0969. The van der Waals surface area contributed by atoms with Crippen molar-refractivity contribution in [2.45, 2.75) is 45.4 Å². The lowest BCUT2D eigenvalue weighted by atomic mass is 9.79. The predicted octanol–water partition coefficient (Wildman–Crippen LogP) is 2.85. The number of amides is 1. The summed E-state index contributed by atoms with van der Waals surface area (Å²) in [6.45, 7) is 5.39. The minimum atomic E-state index is -0.181. The Balaban J connectivity index is 1.53. The molecule has 2 aliphatic heterocycles. The molecule has 1 amide bonds. The second-order valence-corrected chi connectivity index (χ2v) is 9.07. The highest BCUT2D eigenvalue weighted by Gasteiger charge is 2.40. The topological polar surface area (TPSA) is 54.3 Å². The zero-order chi connectivity index (χ0) is 20.0. The van der Waals surface area contributed by atoms with Crippen molar-refractivity contribution >= 4 is 5.91 Å². The molecule has 29 heavy (non-hydrogen) atoms. The van der Waals surface area contributed by atoms with E-state index in [2.05, 4.69) is 11.4 Å². The fraction of sp³-hybridized carbons (Fsp3) is 0.500. The van der Waals surface area contributed by atoms with Gasteiger partial charge in [-0.3, -0.25) is 14.2 Å². The average Bonchev–Trinajstić information content (AvgIpc) is 3.38. The largest absolute Gasteiger partial charge is 0.338 e. The number of fused-ring (bicyclic) bond motifs is 1. The molecule has 0 saturated carbocycles. The van der Waals surface area contributed by atoms with Crippen molar-refractivity contribution in [3.63, 3.8) is 0 Å². The Hall–Kier alpha value is -2.40. The van der Waals surface area contributed by atoms with Crippen LogP contribution >= 0.6 is 0 Å². The third kappa shape index (κ3) is 3.12. The summed E-state index contributed by atoms with van der Waals surface area (Å²) < 4.78 is 1.70. The van der Waals surface area contributed by atoms with Crippen LogP contribution in [0.3, 0.4) is 0 Å². The van der Waals surface area contributed by atoms with E-state index in [0.29, 0.717) is 5.56 Å². The van der Waals surface area contributed by atoms with Crippen LogP contribution in [0, 0.1) is 12.3 Å². The van der Waals surface area contributed by atoms with Crippen LogP contribution in [0.4, 0.5) is 0 Å². The molecule has 1 aromatic heterocycles. The van der Waals surface area contributed by atoms with Gasteiger partial charge in [-0.15, -0.1) is 0 Å². The summed E-state index contributed by atoms with van der Waals surface area (Å²) >= 11 is 0. The number of aryl methyl sites for hydroxylation is 2. The van der Waals surface area contributed by atoms with Crippen LogP contribution in [0.25, 0.3) is 5.69 Å². The van der Waals surface area contributed by atoms with Gasteiger partial charge in [-0.2, -0.15) is 0 Å². The minimum absolute atomic E-state index is 0.0969. The Kier molecular flexibility index (Phi) is 4.58. The van der Waals surface area contributed by atoms with E-state index >= 15 is 0 Å². The van der Waals surface area contributed by atoms with E-state index in [1.807, 2.05) is 36.2 Å². The van der Waals surface area contributed by atoms with Gasteiger partial charge in [0.05, 0.1) is 5.69 Å². The molecule has 2 aromatic rings. The van der Waals surface area contributed by atoms with Gasteiger partial charge in [0.15, 0.2) is 0 Å². The molecule has 5 nitrogen and oxygen atoms in total. The quantitative estimate of drug-likeness (QED) is 0.857. The number of carbonyl (C=O) groups excluding carboxylic acids is 1. The fourth-order valence-corrected chi connectivity index (χ4v) is 5.58. The molecule has 2 saturated heterocycles. The van der Waals surface area contributed by atoms with Gasteiger partial charge in [0, 0.05) is 31.2 Å². The van der Waals surface area contributed by atoms with Crippen molar-refractivity contribution < 1.29 is 4.79 Å². The van der Waals surface area contributed by atoms with Crippen LogP contribution in [-0.4, -0.2) is 41.6 Å². The van der Waals surface area contributed by atoms with Crippen LogP contribution in [0.1, 0.15) is 52.7 Å². The summed E-state index contributed by atoms with van der Waals surface area (Å²) in [6.07, 6.45) is 8.32. The van der Waals surface area contributed by atoms with Gasteiger partial charge >= 0.3 is 0 Å². The molecule has 3 aliphatic rings. The second kappa shape index (κ2) is 7.13. The fourth-order valence-electron chi connectivity index (χ4n) is 5.58. The monoisotopic (exact) mass is 391 g/mol. The zero-order valence-corrected chi connectivity index (χ0v) is 17.2. The normalized spacial score (nSPS) is 23.6. The number of likely N-dealkylation sites (tertiary alicyclic amines) is 1. The van der Waals surface area contributed by atoms with Crippen molar-refractivity contribution in [3.8, 4) is 5.69 Å². The van der Waals surface area contributed by atoms with E-state index in [4.69, 9.17) is 0 Å². The van der Waals surface area contributed by atoms with Crippen molar-refractivity contribution in [2.75, 3.05) is 26.2 Å². The number of nitrogens with zero attached hydrogens (tertiary/aromatic N) is 2. The predicted molar refractivity (Wildman–Crippen MR) is 114 cm³/mol. The molecule has 1 N–H and O–H groups in total. The molecule has 152 valence electrons. The van der Waals surface area contributed by atoms with Crippen LogP contribution < -0.4 is 10.9 Å². The third-order valence-electron chi connectivity index (χ3n) is 7.18. The zero-order valence-electron chi connectivity index (χ0n) is 17.2. The van der Waals surface area contributed by atoms with Crippen LogP contribution in [0.2, 0.25) is 0 Å². The molecule has 5 rings (SSSR count). The molecule has 1 unspecified atom stereocenters. The van der Waals surface area contributed by atoms with Crippen LogP contribution in [0.15, 0.2) is 35.3 Å². The molecule has 1 spiro atoms. The first kappa shape index (κ1) is 18.6. The number of hydrogen-bond acceptors (Lipinski definition) is 3. The van der Waals surface area contributed by atoms with Gasteiger partial charge in [0.25, 0.3) is 11.5 Å². The van der Waals surface area contributed by atoms with E-state index < -0.39 is 0 Å². The van der Waals surface area contributed by atoms with Gasteiger partial charge < -0.3 is 10.2 Å². The number of aromatic nitrogens is 1. The van der Waals surface area contributed by atoms with E-state index in [0.717, 1.165) is 76.0 Å². The lowest BCUT2D eigenvalue weighted by Gasteiger charge is -2.40. The Morgan fingerprint density at radius 3 is 2.86 bits per heavy atom. The second-order valence-electron chi connectivity index (χ2n) is 9.07. The summed E-state index contributed by atoms with van der Waals surface area (Å²) in [6, 6.07) is 8.10. The lowest BCUT2D eigenvalue weighted by molar-refractivity contribution is 0.0550. The summed E-state index contributed by atoms with van der Waals surface area (Å²) in [5, 5.41) is 3.46. The molecule has 0 bridgehead atoms. The SMILES string of the molecule is Cc1ccn(-c2cccc3c2CCC3)c(=O)c1C(=O)N1CCCC2(CCNC2)C1. The molecular weight excluding hydrogens is 362 g/mol. The van der Waals surface area contributed by atoms with Gasteiger partial charge in [-0.1, -0.05) is 12.1 Å². The van der Waals surface area contributed by atoms with Crippen molar-refractivity contribution in [1.29, 1.82) is 0 Å². The van der Waals surface area contributed by atoms with Crippen molar-refractivity contribution in [3.05, 3.63) is 63.1 Å². The van der Waals surface area contributed by atoms with E-state index in [9.17, 15) is 9.59 Å². The number of benzene rings is 1. The van der Waals surface area contributed by atoms with E-state index in [-0.39, 0.29) is 16.9 Å². The maximum Gasteiger partial charge on any atom is 0.268 e.